The van der Waals surface area contributed by atoms with Crippen LogP contribution in [0.1, 0.15) is 56.1 Å². The predicted molar refractivity (Wildman–Crippen MR) is 154 cm³/mol. The minimum atomic E-state index is -1.36. The van der Waals surface area contributed by atoms with E-state index in [4.69, 9.17) is 23.4 Å². The molecule has 1 aliphatic carbocycles. The molecule has 12 heteroatoms. The predicted octanol–water partition coefficient (Wildman–Crippen LogP) is 2.93. The number of nitrogens with zero attached hydrogens (tertiary/aromatic N) is 2. The van der Waals surface area contributed by atoms with Gasteiger partial charge in [-0.15, -0.1) is 0 Å². The summed E-state index contributed by atoms with van der Waals surface area (Å²) < 4.78 is 28.3. The maximum atomic E-state index is 14.2. The average molecular weight is 583 g/mol. The summed E-state index contributed by atoms with van der Waals surface area (Å²) >= 11 is 0. The fraction of sp³-hybridized carbons (Fsp3) is 0.467. The van der Waals surface area contributed by atoms with Crippen molar-refractivity contribution in [3.63, 3.8) is 0 Å². The number of hydrogen-bond donors (Lipinski definition) is 2. The third kappa shape index (κ3) is 4.74. The number of pyridine rings is 1. The lowest BCUT2D eigenvalue weighted by molar-refractivity contribution is -0.138. The van der Waals surface area contributed by atoms with Gasteiger partial charge in [0, 0.05) is 27.8 Å². The Labute approximate surface area is 245 Å². The molecule has 1 saturated heterocycles. The molecule has 226 valence electrons. The van der Waals surface area contributed by atoms with Gasteiger partial charge in [0.2, 0.25) is 11.7 Å². The van der Waals surface area contributed by atoms with Gasteiger partial charge in [-0.1, -0.05) is 0 Å². The van der Waals surface area contributed by atoms with Crippen LogP contribution >= 0.6 is 0 Å². The zero-order valence-corrected chi connectivity index (χ0v) is 24.0. The van der Waals surface area contributed by atoms with E-state index >= 15 is 0 Å². The number of hydrogen-bond acceptors (Lipinski definition) is 9. The maximum absolute atomic E-state index is 14.2. The molecule has 0 radical (unpaired) electrons. The normalized spacial score (nSPS) is 24.5. The molecule has 1 saturated carbocycles. The van der Waals surface area contributed by atoms with Gasteiger partial charge in [0.1, 0.15) is 23.6 Å². The number of nitrogens with one attached hydrogen (secondary N) is 2. The second-order valence-electron chi connectivity index (χ2n) is 11.5. The number of fused-ring (bicyclic) bond motifs is 3. The van der Waals surface area contributed by atoms with E-state index in [1.54, 1.807) is 55.5 Å². The number of ether oxygens (including phenoxy) is 4. The molecule has 1 aromatic carbocycles. The highest BCUT2D eigenvalue weighted by atomic mass is 16.5. The highest BCUT2D eigenvalue weighted by Gasteiger charge is 2.53. The Hall–Kier alpha value is -4.16. The summed E-state index contributed by atoms with van der Waals surface area (Å²) in [5, 5.41) is 6.44. The van der Waals surface area contributed by atoms with Gasteiger partial charge in [0.15, 0.2) is 11.3 Å². The van der Waals surface area contributed by atoms with Crippen molar-refractivity contribution in [1.82, 2.24) is 20.5 Å². The van der Waals surface area contributed by atoms with Gasteiger partial charge < -0.3 is 38.9 Å². The highest BCUT2D eigenvalue weighted by Crippen LogP contribution is 2.42. The second-order valence-corrected chi connectivity index (χ2v) is 11.5. The van der Waals surface area contributed by atoms with Crippen LogP contribution in [-0.4, -0.2) is 84.9 Å². The van der Waals surface area contributed by atoms with E-state index in [1.165, 1.54) is 7.11 Å². The van der Waals surface area contributed by atoms with Crippen LogP contribution in [0.15, 0.2) is 40.9 Å². The Morgan fingerprint density at radius 1 is 1.17 bits per heavy atom. The zero-order chi connectivity index (χ0) is 29.6. The second kappa shape index (κ2) is 10.6. The standard InChI is InChI=1S/C30H34N4O8.2H2/c1-29(14-40-15-29)33-26(35)17-7-8-20-23(10-17)42-25-24(20)41-16-30(2,34(27(25)36)18-11-19(12-18)38-3)28(37)32-13-21-22(39-4)6-5-9-31-21;;/h5-10,18-19H,11-16H2,1-4H3,(H,32,37)(H,33,35);2*1H. The van der Waals surface area contributed by atoms with Gasteiger partial charge in [-0.25, -0.2) is 0 Å². The minimum absolute atomic E-state index is 0. The van der Waals surface area contributed by atoms with E-state index in [0.717, 1.165) is 0 Å². The van der Waals surface area contributed by atoms with E-state index in [0.29, 0.717) is 54.0 Å². The summed E-state index contributed by atoms with van der Waals surface area (Å²) in [6.07, 6.45) is 2.75. The number of benzene rings is 1. The number of carbonyl (C=O) groups excluding carboxylic acids is 3. The third-order valence-electron chi connectivity index (χ3n) is 8.35. The Bertz CT molecular complexity index is 1560. The van der Waals surface area contributed by atoms with Crippen LogP contribution in [-0.2, 0) is 20.8 Å². The molecule has 2 fully saturated rings. The lowest BCUT2D eigenvalue weighted by atomic mass is 9.83. The van der Waals surface area contributed by atoms with Gasteiger partial charge >= 0.3 is 0 Å². The Morgan fingerprint density at radius 2 is 1.95 bits per heavy atom. The van der Waals surface area contributed by atoms with E-state index < -0.39 is 22.9 Å². The lowest BCUT2D eigenvalue weighted by Gasteiger charge is -2.48. The van der Waals surface area contributed by atoms with E-state index in [2.05, 4.69) is 15.6 Å². The molecule has 0 spiro atoms. The molecule has 1 atom stereocenters. The number of aromatic nitrogens is 1. The van der Waals surface area contributed by atoms with E-state index in [-0.39, 0.29) is 45.6 Å². The van der Waals surface area contributed by atoms with Crippen LogP contribution in [0.25, 0.3) is 11.0 Å². The van der Waals surface area contributed by atoms with Crippen LogP contribution in [0, 0.1) is 0 Å². The molecule has 12 nitrogen and oxygen atoms in total. The van der Waals surface area contributed by atoms with Crippen LogP contribution in [0.4, 0.5) is 0 Å². The van der Waals surface area contributed by atoms with Gasteiger partial charge in [-0.3, -0.25) is 19.4 Å². The van der Waals surface area contributed by atoms with Crippen molar-refractivity contribution in [2.45, 2.75) is 56.5 Å². The van der Waals surface area contributed by atoms with Crippen molar-refractivity contribution in [3.8, 4) is 11.5 Å². The van der Waals surface area contributed by atoms with Crippen molar-refractivity contribution in [3.05, 3.63) is 53.5 Å². The number of amides is 3. The van der Waals surface area contributed by atoms with E-state index in [1.807, 2.05) is 6.92 Å². The Kier molecular flexibility index (Phi) is 7.06. The topological polar surface area (TPSA) is 141 Å². The first kappa shape index (κ1) is 28.0. The van der Waals surface area contributed by atoms with Crippen LogP contribution in [0.3, 0.4) is 0 Å². The minimum Gasteiger partial charge on any atom is -0.495 e. The SMILES string of the molecule is COc1cccnc1CNC(=O)C1(C)COc2c(oc3cc(C(=O)NC4(C)COC4)ccc23)C(=O)N1C1CC(OC)C1.[HH].[HH]. The van der Waals surface area contributed by atoms with Crippen LogP contribution in [0.2, 0.25) is 0 Å². The largest absolute Gasteiger partial charge is 0.495 e. The first-order chi connectivity index (χ1) is 20.2. The molecule has 0 bridgehead atoms. The smallest absolute Gasteiger partial charge is 0.294 e. The molecular weight excluding hydrogens is 544 g/mol. The molecule has 2 N–H and O–H groups in total. The summed E-state index contributed by atoms with van der Waals surface area (Å²) in [6, 6.07) is 8.20. The molecule has 3 aromatic rings. The summed E-state index contributed by atoms with van der Waals surface area (Å²) in [5.41, 5.74) is -0.489. The average Bonchev–Trinajstić information content (AvgIpc) is 3.28. The van der Waals surface area contributed by atoms with Crippen molar-refractivity contribution < 1.29 is 40.6 Å². The first-order valence-electron chi connectivity index (χ1n) is 13.9. The first-order valence-corrected chi connectivity index (χ1v) is 13.9. The van der Waals surface area contributed by atoms with Crippen LogP contribution < -0.4 is 20.1 Å². The molecule has 3 amide bonds. The maximum Gasteiger partial charge on any atom is 0.294 e. The molecule has 2 aromatic heterocycles. The van der Waals surface area contributed by atoms with Gasteiger partial charge in [0.25, 0.3) is 11.8 Å². The number of furan rings is 1. The van der Waals surface area contributed by atoms with Crippen molar-refractivity contribution in [2.24, 2.45) is 0 Å². The quantitative estimate of drug-likeness (QED) is 0.410. The summed E-state index contributed by atoms with van der Waals surface area (Å²) in [4.78, 5) is 46.8. The fourth-order valence-electron chi connectivity index (χ4n) is 5.72. The molecule has 42 heavy (non-hydrogen) atoms. The molecule has 6 rings (SSSR count). The van der Waals surface area contributed by atoms with Gasteiger partial charge in [0.05, 0.1) is 43.9 Å². The van der Waals surface area contributed by atoms with Crippen molar-refractivity contribution in [2.75, 3.05) is 34.0 Å². The molecular formula is C30H38N4O8. The Balaban J connectivity index is 0.00000221. The van der Waals surface area contributed by atoms with E-state index in [9.17, 15) is 14.4 Å². The van der Waals surface area contributed by atoms with Gasteiger partial charge in [-0.05, 0) is 57.0 Å². The molecule has 4 heterocycles. The number of carbonyl (C=O) groups is 3. The number of rotatable bonds is 8. The van der Waals surface area contributed by atoms with Gasteiger partial charge in [-0.2, -0.15) is 0 Å². The van der Waals surface area contributed by atoms with Crippen molar-refractivity contribution >= 4 is 28.7 Å². The molecule has 3 aliphatic rings. The Morgan fingerprint density at radius 3 is 2.64 bits per heavy atom. The summed E-state index contributed by atoms with van der Waals surface area (Å²) in [6.45, 7) is 4.49. The van der Waals surface area contributed by atoms with Crippen molar-refractivity contribution in [1.29, 1.82) is 0 Å². The fourth-order valence-corrected chi connectivity index (χ4v) is 5.72. The third-order valence-corrected chi connectivity index (χ3v) is 8.35. The molecule has 1 unspecified atom stereocenters. The summed E-state index contributed by atoms with van der Waals surface area (Å²) in [7, 11) is 3.17. The monoisotopic (exact) mass is 582 g/mol. The van der Waals surface area contributed by atoms with Crippen LogP contribution in [0.5, 0.6) is 11.5 Å². The summed E-state index contributed by atoms with van der Waals surface area (Å²) in [5.74, 6) is -0.342. The lowest BCUT2D eigenvalue weighted by Crippen LogP contribution is -2.66. The molecule has 2 aliphatic heterocycles. The highest BCUT2D eigenvalue weighted by molar-refractivity contribution is 6.06. The number of methoxy groups -OCH3 is 2. The zero-order valence-electron chi connectivity index (χ0n) is 24.0.